The summed E-state index contributed by atoms with van der Waals surface area (Å²) in [6, 6.07) is 16.9. The molecule has 0 amide bonds. The molecule has 0 aliphatic heterocycles. The van der Waals surface area contributed by atoms with Crippen LogP contribution in [-0.2, 0) is 0 Å². The van der Waals surface area contributed by atoms with Crippen LogP contribution in [0.1, 0.15) is 11.1 Å². The molecule has 0 bridgehead atoms. The summed E-state index contributed by atoms with van der Waals surface area (Å²) in [7, 11) is 0. The molecule has 110 valence electrons. The predicted molar refractivity (Wildman–Crippen MR) is 94.2 cm³/mol. The molecule has 22 heavy (non-hydrogen) atoms. The third kappa shape index (κ3) is 2.90. The number of rotatable bonds is 3. The van der Waals surface area contributed by atoms with Crippen molar-refractivity contribution in [3.05, 3.63) is 66.0 Å². The van der Waals surface area contributed by atoms with Crippen LogP contribution >= 0.6 is 11.8 Å². The van der Waals surface area contributed by atoms with Gasteiger partial charge in [0, 0.05) is 16.0 Å². The normalized spacial score (nSPS) is 10.7. The Balaban J connectivity index is 2.06. The van der Waals surface area contributed by atoms with Gasteiger partial charge < -0.3 is 0 Å². The summed E-state index contributed by atoms with van der Waals surface area (Å²) in [5.74, 6) is 0. The van der Waals surface area contributed by atoms with Gasteiger partial charge in [-0.05, 0) is 49.4 Å². The van der Waals surface area contributed by atoms with E-state index in [2.05, 4.69) is 78.6 Å². The summed E-state index contributed by atoms with van der Waals surface area (Å²) in [5.41, 5.74) is 6.74. The second kappa shape index (κ2) is 6.32. The van der Waals surface area contributed by atoms with Crippen molar-refractivity contribution in [2.45, 2.75) is 18.7 Å². The number of benzene rings is 2. The van der Waals surface area contributed by atoms with E-state index in [0.29, 0.717) is 0 Å². The Bertz CT molecular complexity index is 775. The van der Waals surface area contributed by atoms with Crippen molar-refractivity contribution in [2.75, 3.05) is 6.26 Å². The molecular formula is C19H18N2S. The summed E-state index contributed by atoms with van der Waals surface area (Å²) < 4.78 is 0. The predicted octanol–water partition coefficient (Wildman–Crippen LogP) is 5.15. The van der Waals surface area contributed by atoms with E-state index < -0.39 is 0 Å². The monoisotopic (exact) mass is 306 g/mol. The molecule has 1 aromatic heterocycles. The Morgan fingerprint density at radius 3 is 2.09 bits per heavy atom. The molecule has 3 heteroatoms. The second-order valence-corrected chi connectivity index (χ2v) is 6.16. The molecule has 0 fully saturated rings. The molecule has 0 spiro atoms. The average Bonchev–Trinajstić information content (AvgIpc) is 2.55. The molecule has 0 N–H and O–H groups in total. The maximum Gasteiger partial charge on any atom is 0.116 e. The third-order valence-electron chi connectivity index (χ3n) is 3.79. The van der Waals surface area contributed by atoms with E-state index >= 15 is 0 Å². The van der Waals surface area contributed by atoms with E-state index in [0.717, 1.165) is 17.0 Å². The van der Waals surface area contributed by atoms with Gasteiger partial charge in [-0.25, -0.2) is 9.97 Å². The minimum Gasteiger partial charge on any atom is -0.236 e. The molecule has 1 heterocycles. The molecule has 3 rings (SSSR count). The van der Waals surface area contributed by atoms with Crippen molar-refractivity contribution in [3.63, 3.8) is 0 Å². The van der Waals surface area contributed by atoms with Crippen LogP contribution in [-0.4, -0.2) is 16.2 Å². The quantitative estimate of drug-likeness (QED) is 0.626. The molecule has 0 saturated carbocycles. The standard InChI is InChI=1S/C19H18N2S/c1-13-5-4-6-14(2)19(13)18-11-17(20-12-21-18)15-7-9-16(22-3)10-8-15/h4-12H,1-3H3. The molecule has 3 aromatic rings. The second-order valence-electron chi connectivity index (χ2n) is 5.28. The lowest BCUT2D eigenvalue weighted by atomic mass is 9.99. The van der Waals surface area contributed by atoms with Crippen LogP contribution < -0.4 is 0 Å². The number of hydrogen-bond donors (Lipinski definition) is 0. The van der Waals surface area contributed by atoms with Crippen LogP contribution in [0.25, 0.3) is 22.5 Å². The van der Waals surface area contributed by atoms with Crippen LogP contribution in [0, 0.1) is 13.8 Å². The van der Waals surface area contributed by atoms with Crippen molar-refractivity contribution in [2.24, 2.45) is 0 Å². The Kier molecular flexibility index (Phi) is 4.25. The van der Waals surface area contributed by atoms with Gasteiger partial charge in [0.25, 0.3) is 0 Å². The van der Waals surface area contributed by atoms with Gasteiger partial charge in [0.05, 0.1) is 11.4 Å². The summed E-state index contributed by atoms with van der Waals surface area (Å²) in [6.07, 6.45) is 3.73. The lowest BCUT2D eigenvalue weighted by Crippen LogP contribution is -1.93. The van der Waals surface area contributed by atoms with Gasteiger partial charge in [0.15, 0.2) is 0 Å². The van der Waals surface area contributed by atoms with E-state index in [1.807, 2.05) is 0 Å². The Labute approximate surface area is 135 Å². The molecular weight excluding hydrogens is 288 g/mol. The van der Waals surface area contributed by atoms with Crippen LogP contribution in [0.15, 0.2) is 59.8 Å². The van der Waals surface area contributed by atoms with Gasteiger partial charge in [-0.3, -0.25) is 0 Å². The van der Waals surface area contributed by atoms with E-state index in [9.17, 15) is 0 Å². The lowest BCUT2D eigenvalue weighted by molar-refractivity contribution is 1.16. The zero-order valence-electron chi connectivity index (χ0n) is 13.0. The fraction of sp³-hybridized carbons (Fsp3) is 0.158. The molecule has 0 saturated heterocycles. The van der Waals surface area contributed by atoms with Crippen LogP contribution in [0.3, 0.4) is 0 Å². The van der Waals surface area contributed by atoms with Gasteiger partial charge in [0.1, 0.15) is 6.33 Å². The Hall–Kier alpha value is -2.13. The lowest BCUT2D eigenvalue weighted by Gasteiger charge is -2.10. The Morgan fingerprint density at radius 2 is 1.45 bits per heavy atom. The number of hydrogen-bond acceptors (Lipinski definition) is 3. The van der Waals surface area contributed by atoms with Gasteiger partial charge in [0.2, 0.25) is 0 Å². The van der Waals surface area contributed by atoms with Gasteiger partial charge in [-0.1, -0.05) is 30.3 Å². The zero-order valence-corrected chi connectivity index (χ0v) is 13.8. The van der Waals surface area contributed by atoms with Crippen molar-refractivity contribution in [1.29, 1.82) is 0 Å². The molecule has 0 aliphatic carbocycles. The van der Waals surface area contributed by atoms with Crippen molar-refractivity contribution >= 4 is 11.8 Å². The first-order chi connectivity index (χ1) is 10.7. The highest BCUT2D eigenvalue weighted by Gasteiger charge is 2.09. The molecule has 2 aromatic carbocycles. The third-order valence-corrected chi connectivity index (χ3v) is 4.53. The fourth-order valence-electron chi connectivity index (χ4n) is 2.63. The SMILES string of the molecule is CSc1ccc(-c2cc(-c3c(C)cccc3C)ncn2)cc1. The molecule has 0 atom stereocenters. The first kappa shape index (κ1) is 14.8. The molecule has 0 aliphatic rings. The largest absolute Gasteiger partial charge is 0.236 e. The summed E-state index contributed by atoms with van der Waals surface area (Å²) in [6.45, 7) is 4.24. The minimum absolute atomic E-state index is 0.959. The molecule has 2 nitrogen and oxygen atoms in total. The van der Waals surface area contributed by atoms with Crippen molar-refractivity contribution in [1.82, 2.24) is 9.97 Å². The first-order valence-electron chi connectivity index (χ1n) is 7.22. The van der Waals surface area contributed by atoms with Crippen LogP contribution in [0.2, 0.25) is 0 Å². The number of aromatic nitrogens is 2. The fourth-order valence-corrected chi connectivity index (χ4v) is 3.04. The summed E-state index contributed by atoms with van der Waals surface area (Å²) in [4.78, 5) is 10.2. The number of nitrogens with zero attached hydrogens (tertiary/aromatic N) is 2. The van der Waals surface area contributed by atoms with Gasteiger partial charge >= 0.3 is 0 Å². The van der Waals surface area contributed by atoms with E-state index in [1.165, 1.54) is 21.6 Å². The average molecular weight is 306 g/mol. The highest BCUT2D eigenvalue weighted by Crippen LogP contribution is 2.28. The van der Waals surface area contributed by atoms with Crippen LogP contribution in [0.4, 0.5) is 0 Å². The smallest absolute Gasteiger partial charge is 0.116 e. The van der Waals surface area contributed by atoms with Crippen LogP contribution in [0.5, 0.6) is 0 Å². The highest BCUT2D eigenvalue weighted by molar-refractivity contribution is 7.98. The zero-order chi connectivity index (χ0) is 15.5. The highest BCUT2D eigenvalue weighted by atomic mass is 32.2. The van der Waals surface area contributed by atoms with E-state index in [4.69, 9.17) is 0 Å². The maximum absolute atomic E-state index is 4.48. The van der Waals surface area contributed by atoms with E-state index in [1.54, 1.807) is 18.1 Å². The topological polar surface area (TPSA) is 25.8 Å². The minimum atomic E-state index is 0.959. The number of aryl methyl sites for hydroxylation is 2. The molecule has 0 radical (unpaired) electrons. The number of thioether (sulfide) groups is 1. The Morgan fingerprint density at radius 1 is 0.818 bits per heavy atom. The van der Waals surface area contributed by atoms with Gasteiger partial charge in [-0.15, -0.1) is 11.8 Å². The summed E-state index contributed by atoms with van der Waals surface area (Å²) >= 11 is 1.74. The first-order valence-corrected chi connectivity index (χ1v) is 8.44. The van der Waals surface area contributed by atoms with Crippen molar-refractivity contribution in [3.8, 4) is 22.5 Å². The summed E-state index contributed by atoms with van der Waals surface area (Å²) in [5, 5.41) is 0. The van der Waals surface area contributed by atoms with Gasteiger partial charge in [-0.2, -0.15) is 0 Å². The maximum atomic E-state index is 4.48. The molecule has 0 unspecified atom stereocenters. The van der Waals surface area contributed by atoms with Crippen molar-refractivity contribution < 1.29 is 0 Å². The van der Waals surface area contributed by atoms with E-state index in [-0.39, 0.29) is 0 Å².